The van der Waals surface area contributed by atoms with Gasteiger partial charge in [-0.05, 0) is 30.4 Å². The minimum absolute atomic E-state index is 0.780. The fraction of sp³-hybridized carbons (Fsp3) is 0.833. The van der Waals surface area contributed by atoms with Gasteiger partial charge in [-0.2, -0.15) is 11.8 Å². The maximum Gasteiger partial charge on any atom is 0.341 e. The van der Waals surface area contributed by atoms with Crippen molar-refractivity contribution in [3.63, 3.8) is 0 Å². The number of hydrogen-bond acceptors (Lipinski definition) is 1. The predicted octanol–water partition coefficient (Wildman–Crippen LogP) is 3.99. The van der Waals surface area contributed by atoms with Gasteiger partial charge in [-0.25, -0.2) is 0 Å². The molecular formula is C6H12Cl3SSi. The molecule has 5 heteroatoms. The minimum Gasteiger partial charge on any atom is -0.162 e. The van der Waals surface area contributed by atoms with Crippen LogP contribution in [0.3, 0.4) is 0 Å². The van der Waals surface area contributed by atoms with Crippen molar-refractivity contribution in [3.8, 4) is 0 Å². The molecular weight excluding hydrogens is 239 g/mol. The molecule has 0 saturated heterocycles. The normalized spacial score (nSPS) is 12.0. The minimum atomic E-state index is -2.33. The summed E-state index contributed by atoms with van der Waals surface area (Å²) in [7, 11) is 0. The standard InChI is InChI=1S/C6H12Cl3SSi/c1-2-4-10-5-3-6-11(7,8)9/h1-6H2. The van der Waals surface area contributed by atoms with E-state index in [1.54, 1.807) is 0 Å². The Morgan fingerprint density at radius 2 is 1.82 bits per heavy atom. The van der Waals surface area contributed by atoms with Gasteiger partial charge >= 0.3 is 6.00 Å². The Morgan fingerprint density at radius 1 is 1.18 bits per heavy atom. The van der Waals surface area contributed by atoms with Crippen molar-refractivity contribution in [1.29, 1.82) is 0 Å². The molecule has 67 valence electrons. The first-order valence-corrected chi connectivity index (χ1v) is 9.90. The molecule has 0 aliphatic heterocycles. The molecule has 0 saturated carbocycles. The van der Waals surface area contributed by atoms with Gasteiger partial charge in [-0.15, -0.1) is 33.2 Å². The lowest BCUT2D eigenvalue weighted by molar-refractivity contribution is 1.09. The molecule has 0 aromatic carbocycles. The first kappa shape index (κ1) is 12.4. The average Bonchev–Trinajstić information content (AvgIpc) is 1.85. The second kappa shape index (κ2) is 6.90. The molecule has 0 N–H and O–H groups in total. The Labute approximate surface area is 88.1 Å². The van der Waals surface area contributed by atoms with E-state index in [9.17, 15) is 0 Å². The highest BCUT2D eigenvalue weighted by molar-refractivity contribution is 7.99. The third kappa shape index (κ3) is 11.4. The molecule has 0 unspecified atom stereocenters. The van der Waals surface area contributed by atoms with E-state index in [0.717, 1.165) is 30.4 Å². The summed E-state index contributed by atoms with van der Waals surface area (Å²) in [6, 6.07) is -1.55. The highest BCUT2D eigenvalue weighted by Crippen LogP contribution is 2.27. The third-order valence-electron chi connectivity index (χ3n) is 1.04. The van der Waals surface area contributed by atoms with Gasteiger partial charge in [0.15, 0.2) is 0 Å². The van der Waals surface area contributed by atoms with E-state index >= 15 is 0 Å². The van der Waals surface area contributed by atoms with Crippen LogP contribution in [0.2, 0.25) is 6.04 Å². The van der Waals surface area contributed by atoms with Crippen molar-refractivity contribution < 1.29 is 0 Å². The predicted molar refractivity (Wildman–Crippen MR) is 60.0 cm³/mol. The van der Waals surface area contributed by atoms with Gasteiger partial charge in [0.1, 0.15) is 0 Å². The van der Waals surface area contributed by atoms with Gasteiger partial charge in [-0.1, -0.05) is 6.92 Å². The van der Waals surface area contributed by atoms with Crippen molar-refractivity contribution in [2.75, 3.05) is 11.5 Å². The van der Waals surface area contributed by atoms with Crippen LogP contribution in [0.5, 0.6) is 0 Å². The zero-order chi connectivity index (χ0) is 8.74. The van der Waals surface area contributed by atoms with Crippen molar-refractivity contribution in [3.05, 3.63) is 6.92 Å². The van der Waals surface area contributed by atoms with Gasteiger partial charge < -0.3 is 0 Å². The highest BCUT2D eigenvalue weighted by atomic mass is 35.8. The summed E-state index contributed by atoms with van der Waals surface area (Å²) in [5.74, 6) is 2.21. The van der Waals surface area contributed by atoms with E-state index in [1.165, 1.54) is 0 Å². The van der Waals surface area contributed by atoms with Crippen molar-refractivity contribution >= 4 is 51.0 Å². The summed E-state index contributed by atoms with van der Waals surface area (Å²) in [6.07, 6.45) is 2.00. The van der Waals surface area contributed by atoms with Crippen molar-refractivity contribution in [1.82, 2.24) is 0 Å². The van der Waals surface area contributed by atoms with Crippen LogP contribution in [0.4, 0.5) is 0 Å². The van der Waals surface area contributed by atoms with Crippen LogP contribution < -0.4 is 0 Å². The number of rotatable bonds is 6. The Kier molecular flexibility index (Phi) is 7.80. The summed E-state index contributed by atoms with van der Waals surface area (Å²) in [4.78, 5) is 0. The van der Waals surface area contributed by atoms with Crippen LogP contribution in [0, 0.1) is 6.92 Å². The molecule has 0 spiro atoms. The first-order chi connectivity index (χ1) is 5.06. The molecule has 0 aromatic rings. The lowest BCUT2D eigenvalue weighted by atomic mass is 10.6. The summed E-state index contributed by atoms with van der Waals surface area (Å²) in [6.45, 7) is 3.74. The van der Waals surface area contributed by atoms with E-state index in [4.69, 9.17) is 33.2 Å². The van der Waals surface area contributed by atoms with E-state index in [-0.39, 0.29) is 0 Å². The van der Waals surface area contributed by atoms with Crippen LogP contribution in [-0.4, -0.2) is 17.5 Å². The summed E-state index contributed by atoms with van der Waals surface area (Å²) in [5, 5.41) is 0. The summed E-state index contributed by atoms with van der Waals surface area (Å²) < 4.78 is 0. The van der Waals surface area contributed by atoms with E-state index in [2.05, 4.69) is 6.92 Å². The average molecular weight is 251 g/mol. The van der Waals surface area contributed by atoms with Crippen LogP contribution in [0.1, 0.15) is 12.8 Å². The van der Waals surface area contributed by atoms with Gasteiger partial charge in [-0.3, -0.25) is 0 Å². The smallest absolute Gasteiger partial charge is 0.162 e. The fourth-order valence-corrected chi connectivity index (χ4v) is 3.37. The lowest BCUT2D eigenvalue weighted by Gasteiger charge is -2.05. The SMILES string of the molecule is [CH2]CCSCCC[Si](Cl)(Cl)Cl. The number of hydrogen-bond donors (Lipinski definition) is 0. The lowest BCUT2D eigenvalue weighted by Crippen LogP contribution is -2.08. The number of thioether (sulfide) groups is 1. The molecule has 11 heavy (non-hydrogen) atoms. The first-order valence-electron chi connectivity index (χ1n) is 3.50. The van der Waals surface area contributed by atoms with Crippen molar-refractivity contribution in [2.45, 2.75) is 18.9 Å². The topological polar surface area (TPSA) is 0 Å². The molecule has 0 bridgehead atoms. The molecule has 0 heterocycles. The molecule has 0 fully saturated rings. The summed E-state index contributed by atoms with van der Waals surface area (Å²) in [5.41, 5.74) is 0. The van der Waals surface area contributed by atoms with Gasteiger partial charge in [0, 0.05) is 0 Å². The molecule has 0 amide bonds. The van der Waals surface area contributed by atoms with Crippen LogP contribution in [0.15, 0.2) is 0 Å². The van der Waals surface area contributed by atoms with Gasteiger partial charge in [0.25, 0.3) is 0 Å². The van der Waals surface area contributed by atoms with Crippen LogP contribution in [0.25, 0.3) is 0 Å². The van der Waals surface area contributed by atoms with Gasteiger partial charge in [0.05, 0.1) is 0 Å². The Balaban J connectivity index is 3.02. The Morgan fingerprint density at radius 3 is 2.27 bits per heavy atom. The zero-order valence-electron chi connectivity index (χ0n) is 6.28. The van der Waals surface area contributed by atoms with E-state index in [0.29, 0.717) is 0 Å². The quantitative estimate of drug-likeness (QED) is 0.390. The third-order valence-corrected chi connectivity index (χ3v) is 4.81. The second-order valence-corrected chi connectivity index (χ2v) is 12.7. The molecule has 0 aromatic heterocycles. The van der Waals surface area contributed by atoms with Crippen LogP contribution >= 0.6 is 45.0 Å². The zero-order valence-corrected chi connectivity index (χ0v) is 10.4. The molecule has 1 radical (unpaired) electrons. The molecule has 0 rings (SSSR count). The Hall–Kier alpha value is 1.44. The van der Waals surface area contributed by atoms with Gasteiger partial charge in [0.2, 0.25) is 0 Å². The largest absolute Gasteiger partial charge is 0.341 e. The van der Waals surface area contributed by atoms with E-state index < -0.39 is 6.00 Å². The fourth-order valence-electron chi connectivity index (χ4n) is 0.579. The molecule has 0 aliphatic rings. The molecule has 0 nitrogen and oxygen atoms in total. The van der Waals surface area contributed by atoms with Crippen LogP contribution in [-0.2, 0) is 0 Å². The second-order valence-electron chi connectivity index (χ2n) is 2.18. The molecule has 0 atom stereocenters. The van der Waals surface area contributed by atoms with E-state index in [1.807, 2.05) is 11.8 Å². The molecule has 0 aliphatic carbocycles. The maximum atomic E-state index is 5.69. The highest BCUT2D eigenvalue weighted by Gasteiger charge is 2.23. The summed E-state index contributed by atoms with van der Waals surface area (Å²) >= 11 is 19.0. The number of halogens is 3. The monoisotopic (exact) mass is 249 g/mol. The van der Waals surface area contributed by atoms with Crippen molar-refractivity contribution in [2.24, 2.45) is 0 Å². The Bertz CT molecular complexity index is 94.3. The maximum absolute atomic E-state index is 5.69.